The second-order valence-electron chi connectivity index (χ2n) is 4.54. The van der Waals surface area contributed by atoms with E-state index in [1.54, 1.807) is 0 Å². The Hall–Kier alpha value is -2.35. The van der Waals surface area contributed by atoms with Gasteiger partial charge in [0.05, 0.1) is 12.2 Å². The Kier molecular flexibility index (Phi) is 5.13. The van der Waals surface area contributed by atoms with Gasteiger partial charge in [-0.1, -0.05) is 54.6 Å². The van der Waals surface area contributed by atoms with E-state index in [9.17, 15) is 0 Å². The second-order valence-corrected chi connectivity index (χ2v) is 4.54. The molecule has 2 heteroatoms. The van der Waals surface area contributed by atoms with Crippen LogP contribution in [0.4, 0.5) is 5.69 Å². The van der Waals surface area contributed by atoms with Crippen LogP contribution in [0.5, 0.6) is 0 Å². The molecule has 0 radical (unpaired) electrons. The first-order valence-corrected chi connectivity index (χ1v) is 6.84. The summed E-state index contributed by atoms with van der Waals surface area (Å²) in [4.78, 5) is 0. The average Bonchev–Trinajstić information content (AvgIpc) is 2.49. The molecule has 0 saturated carbocycles. The Morgan fingerprint density at radius 1 is 1.05 bits per heavy atom. The molecular formula is C18H20N2. The van der Waals surface area contributed by atoms with Gasteiger partial charge >= 0.3 is 0 Å². The van der Waals surface area contributed by atoms with Crippen molar-refractivity contribution in [2.45, 2.75) is 19.9 Å². The van der Waals surface area contributed by atoms with Crippen molar-refractivity contribution < 1.29 is 0 Å². The van der Waals surface area contributed by atoms with Crippen LogP contribution >= 0.6 is 0 Å². The second kappa shape index (κ2) is 7.29. The quantitative estimate of drug-likeness (QED) is 0.428. The summed E-state index contributed by atoms with van der Waals surface area (Å²) in [7, 11) is 0. The molecule has 0 aromatic heterocycles. The fraction of sp³-hybridized carbons (Fsp3) is 0.167. The first-order valence-electron chi connectivity index (χ1n) is 6.84. The standard InChI is InChI=1S/C18H20N2/c1-3-10-17-13-8-9-14-18(17)20(19-4-2)15-16-11-6-5-7-12-16/h3-9,11-14H,1,10,15H2,2H3/b19-4+. The van der Waals surface area contributed by atoms with Gasteiger partial charge in [0.15, 0.2) is 0 Å². The highest BCUT2D eigenvalue weighted by molar-refractivity contribution is 5.60. The van der Waals surface area contributed by atoms with Crippen molar-refractivity contribution in [1.29, 1.82) is 0 Å². The molecule has 0 fully saturated rings. The molecule has 0 unspecified atom stereocenters. The zero-order valence-electron chi connectivity index (χ0n) is 11.9. The lowest BCUT2D eigenvalue weighted by atomic mass is 10.1. The fourth-order valence-electron chi connectivity index (χ4n) is 2.17. The average molecular weight is 264 g/mol. The first-order chi connectivity index (χ1) is 9.85. The van der Waals surface area contributed by atoms with Crippen LogP contribution in [-0.4, -0.2) is 6.21 Å². The third-order valence-electron chi connectivity index (χ3n) is 3.06. The number of rotatable bonds is 6. The van der Waals surface area contributed by atoms with Crippen molar-refractivity contribution in [3.8, 4) is 0 Å². The van der Waals surface area contributed by atoms with Gasteiger partial charge in [-0.05, 0) is 30.5 Å². The van der Waals surface area contributed by atoms with E-state index in [0.29, 0.717) is 0 Å². The van der Waals surface area contributed by atoms with Crippen molar-refractivity contribution in [1.82, 2.24) is 0 Å². The minimum absolute atomic E-state index is 0.763. The van der Waals surface area contributed by atoms with E-state index in [1.807, 2.05) is 36.4 Å². The molecule has 0 heterocycles. The number of hydrazone groups is 1. The smallest absolute Gasteiger partial charge is 0.0666 e. The van der Waals surface area contributed by atoms with Gasteiger partial charge in [0, 0.05) is 6.21 Å². The molecular weight excluding hydrogens is 244 g/mol. The fourth-order valence-corrected chi connectivity index (χ4v) is 2.17. The Balaban J connectivity index is 2.31. The minimum atomic E-state index is 0.763. The van der Waals surface area contributed by atoms with Crippen molar-refractivity contribution in [3.63, 3.8) is 0 Å². The molecule has 2 aromatic carbocycles. The summed E-state index contributed by atoms with van der Waals surface area (Å²) in [5, 5.41) is 6.54. The van der Waals surface area contributed by atoms with Crippen molar-refractivity contribution >= 4 is 11.9 Å². The van der Waals surface area contributed by atoms with E-state index >= 15 is 0 Å². The summed E-state index contributed by atoms with van der Waals surface area (Å²) in [6, 6.07) is 18.7. The predicted octanol–water partition coefficient (Wildman–Crippen LogP) is 4.43. The van der Waals surface area contributed by atoms with Crippen LogP contribution in [0.25, 0.3) is 0 Å². The number of hydrogen-bond donors (Lipinski definition) is 0. The lowest BCUT2D eigenvalue weighted by molar-refractivity contribution is 0.850. The molecule has 2 nitrogen and oxygen atoms in total. The largest absolute Gasteiger partial charge is 0.261 e. The molecule has 0 bridgehead atoms. The van der Waals surface area contributed by atoms with E-state index in [1.165, 1.54) is 11.1 Å². The maximum atomic E-state index is 4.51. The van der Waals surface area contributed by atoms with E-state index < -0.39 is 0 Å². The monoisotopic (exact) mass is 264 g/mol. The number of hydrogen-bond acceptors (Lipinski definition) is 2. The van der Waals surface area contributed by atoms with Crippen LogP contribution in [0, 0.1) is 0 Å². The number of anilines is 1. The summed E-state index contributed by atoms with van der Waals surface area (Å²) in [5.74, 6) is 0. The zero-order valence-corrected chi connectivity index (χ0v) is 11.9. The number of nitrogens with zero attached hydrogens (tertiary/aromatic N) is 2. The zero-order chi connectivity index (χ0) is 14.2. The van der Waals surface area contributed by atoms with Gasteiger partial charge in [-0.3, -0.25) is 5.01 Å². The summed E-state index contributed by atoms with van der Waals surface area (Å²) < 4.78 is 0. The Morgan fingerprint density at radius 3 is 2.45 bits per heavy atom. The van der Waals surface area contributed by atoms with Crippen LogP contribution in [0.15, 0.2) is 72.4 Å². The molecule has 0 atom stereocenters. The molecule has 102 valence electrons. The lowest BCUT2D eigenvalue weighted by Gasteiger charge is -2.22. The van der Waals surface area contributed by atoms with Gasteiger partial charge in [-0.2, -0.15) is 5.10 Å². The summed E-state index contributed by atoms with van der Waals surface area (Å²) >= 11 is 0. The van der Waals surface area contributed by atoms with Gasteiger partial charge in [0.25, 0.3) is 0 Å². The van der Waals surface area contributed by atoms with Crippen molar-refractivity contribution in [2.75, 3.05) is 5.01 Å². The number of benzene rings is 2. The van der Waals surface area contributed by atoms with Gasteiger partial charge < -0.3 is 0 Å². The van der Waals surface area contributed by atoms with Crippen LogP contribution in [0.1, 0.15) is 18.1 Å². The molecule has 0 saturated heterocycles. The Bertz CT molecular complexity index is 573. The molecule has 20 heavy (non-hydrogen) atoms. The summed E-state index contributed by atoms with van der Waals surface area (Å²) in [6.45, 7) is 6.53. The highest BCUT2D eigenvalue weighted by Crippen LogP contribution is 2.23. The van der Waals surface area contributed by atoms with Crippen LogP contribution in [-0.2, 0) is 13.0 Å². The third kappa shape index (κ3) is 3.58. The maximum Gasteiger partial charge on any atom is 0.0666 e. The van der Waals surface area contributed by atoms with E-state index in [0.717, 1.165) is 18.7 Å². The van der Waals surface area contributed by atoms with Crippen molar-refractivity contribution in [2.24, 2.45) is 5.10 Å². The molecule has 0 N–H and O–H groups in total. The van der Waals surface area contributed by atoms with Crippen molar-refractivity contribution in [3.05, 3.63) is 78.4 Å². The summed E-state index contributed by atoms with van der Waals surface area (Å²) in [5.41, 5.74) is 3.62. The SMILES string of the molecule is C=CCc1ccccc1N(Cc1ccccc1)/N=C/C. The van der Waals surface area contributed by atoms with E-state index in [2.05, 4.69) is 54.1 Å². The van der Waals surface area contributed by atoms with Crippen LogP contribution in [0.3, 0.4) is 0 Å². The third-order valence-corrected chi connectivity index (χ3v) is 3.06. The molecule has 0 spiro atoms. The molecule has 2 aromatic rings. The van der Waals surface area contributed by atoms with Gasteiger partial charge in [0.2, 0.25) is 0 Å². The maximum absolute atomic E-state index is 4.51. The van der Waals surface area contributed by atoms with Crippen LogP contribution < -0.4 is 5.01 Å². The lowest BCUT2D eigenvalue weighted by Crippen LogP contribution is -2.17. The topological polar surface area (TPSA) is 15.6 Å². The van der Waals surface area contributed by atoms with Gasteiger partial charge in [-0.15, -0.1) is 6.58 Å². The molecule has 0 amide bonds. The molecule has 0 aliphatic carbocycles. The van der Waals surface area contributed by atoms with E-state index in [4.69, 9.17) is 0 Å². The highest BCUT2D eigenvalue weighted by Gasteiger charge is 2.09. The Morgan fingerprint density at radius 2 is 1.75 bits per heavy atom. The summed E-state index contributed by atoms with van der Waals surface area (Å²) in [6.07, 6.45) is 4.60. The Labute approximate surface area is 121 Å². The highest BCUT2D eigenvalue weighted by atomic mass is 15.4. The minimum Gasteiger partial charge on any atom is -0.261 e. The van der Waals surface area contributed by atoms with Crippen LogP contribution in [0.2, 0.25) is 0 Å². The first kappa shape index (κ1) is 14.1. The number of para-hydroxylation sites is 1. The molecule has 0 aliphatic heterocycles. The van der Waals surface area contributed by atoms with Gasteiger partial charge in [0.1, 0.15) is 0 Å². The predicted molar refractivity (Wildman–Crippen MR) is 87.1 cm³/mol. The molecule has 0 aliphatic rings. The number of allylic oxidation sites excluding steroid dienone is 1. The van der Waals surface area contributed by atoms with E-state index in [-0.39, 0.29) is 0 Å². The normalized spacial score (nSPS) is 10.7. The molecule has 2 rings (SSSR count). The van der Waals surface area contributed by atoms with Gasteiger partial charge in [-0.25, -0.2) is 0 Å².